The Morgan fingerprint density at radius 3 is 2.48 bits per heavy atom. The fourth-order valence-corrected chi connectivity index (χ4v) is 2.05. The Balaban J connectivity index is 1.95. The van der Waals surface area contributed by atoms with Crippen LogP contribution in [0.3, 0.4) is 0 Å². The maximum absolute atomic E-state index is 13.6. The number of hydrogen-bond donors (Lipinski definition) is 1. The van der Waals surface area contributed by atoms with Crippen molar-refractivity contribution in [1.29, 1.82) is 0 Å². The zero-order chi connectivity index (χ0) is 15.2. The van der Waals surface area contributed by atoms with E-state index in [0.717, 1.165) is 6.07 Å². The summed E-state index contributed by atoms with van der Waals surface area (Å²) in [6, 6.07) is 10.5. The summed E-state index contributed by atoms with van der Waals surface area (Å²) in [6.45, 7) is 0.370. The molecule has 0 radical (unpaired) electrons. The molecule has 5 heteroatoms. The van der Waals surface area contributed by atoms with Gasteiger partial charge in [-0.3, -0.25) is 0 Å². The van der Waals surface area contributed by atoms with Gasteiger partial charge in [0, 0.05) is 17.1 Å². The minimum Gasteiger partial charge on any atom is -0.492 e. The summed E-state index contributed by atoms with van der Waals surface area (Å²) in [7, 11) is 1.78. The van der Waals surface area contributed by atoms with Gasteiger partial charge in [0.05, 0.1) is 0 Å². The second kappa shape index (κ2) is 7.38. The summed E-state index contributed by atoms with van der Waals surface area (Å²) < 4.78 is 32.1. The van der Waals surface area contributed by atoms with Gasteiger partial charge in [-0.1, -0.05) is 17.7 Å². The van der Waals surface area contributed by atoms with E-state index < -0.39 is 11.6 Å². The van der Waals surface area contributed by atoms with Crippen LogP contribution in [0.25, 0.3) is 0 Å². The molecule has 1 atom stereocenters. The summed E-state index contributed by atoms with van der Waals surface area (Å²) >= 11 is 5.80. The van der Waals surface area contributed by atoms with E-state index in [2.05, 4.69) is 5.32 Å². The lowest BCUT2D eigenvalue weighted by atomic mass is 10.1. The number of ether oxygens (including phenoxy) is 1. The van der Waals surface area contributed by atoms with Crippen LogP contribution >= 0.6 is 11.6 Å². The van der Waals surface area contributed by atoms with Crippen LogP contribution in [0.1, 0.15) is 5.56 Å². The Hall–Kier alpha value is -1.65. The van der Waals surface area contributed by atoms with Crippen LogP contribution in [0.5, 0.6) is 5.75 Å². The van der Waals surface area contributed by atoms with Crippen LogP contribution in [-0.2, 0) is 6.42 Å². The summed E-state index contributed by atoms with van der Waals surface area (Å²) in [5.74, 6) is -0.421. The van der Waals surface area contributed by atoms with Gasteiger partial charge in [0.15, 0.2) is 0 Å². The minimum absolute atomic E-state index is 0.0827. The van der Waals surface area contributed by atoms with Crippen LogP contribution in [0, 0.1) is 11.6 Å². The first-order valence-corrected chi connectivity index (χ1v) is 6.96. The summed E-state index contributed by atoms with van der Waals surface area (Å²) in [6.07, 6.45) is 0.413. The minimum atomic E-state index is -0.574. The molecule has 0 amide bonds. The predicted octanol–water partition coefficient (Wildman–Crippen LogP) is 3.83. The van der Waals surface area contributed by atoms with Gasteiger partial charge in [-0.05, 0) is 49.4 Å². The third-order valence-electron chi connectivity index (χ3n) is 3.15. The third-order valence-corrected chi connectivity index (χ3v) is 3.41. The maximum Gasteiger partial charge on any atom is 0.129 e. The molecule has 0 aromatic heterocycles. The van der Waals surface area contributed by atoms with Crippen LogP contribution in [0.15, 0.2) is 42.5 Å². The molecule has 0 saturated heterocycles. The standard InChI is InChI=1S/C16H16ClF2NO/c1-20-14(8-11-2-5-13(18)9-16(11)19)10-21-15-6-3-12(17)4-7-15/h2-7,9,14,20H,8,10H2,1H3. The molecule has 0 saturated carbocycles. The quantitative estimate of drug-likeness (QED) is 0.875. The Bertz CT molecular complexity index is 589. The fraction of sp³-hybridized carbons (Fsp3) is 0.250. The van der Waals surface area contributed by atoms with Crippen molar-refractivity contribution in [1.82, 2.24) is 5.32 Å². The molecule has 0 aliphatic carbocycles. The van der Waals surface area contributed by atoms with Gasteiger partial charge in [-0.25, -0.2) is 8.78 Å². The van der Waals surface area contributed by atoms with Gasteiger partial charge in [-0.15, -0.1) is 0 Å². The molecule has 2 aromatic carbocycles. The van der Waals surface area contributed by atoms with Crippen LogP contribution < -0.4 is 10.1 Å². The van der Waals surface area contributed by atoms with E-state index in [1.807, 2.05) is 0 Å². The Morgan fingerprint density at radius 1 is 1.14 bits per heavy atom. The molecule has 0 aliphatic rings. The molecule has 0 aliphatic heterocycles. The van der Waals surface area contributed by atoms with E-state index in [1.165, 1.54) is 12.1 Å². The van der Waals surface area contributed by atoms with Crippen LogP contribution in [0.2, 0.25) is 5.02 Å². The predicted molar refractivity (Wildman–Crippen MR) is 79.9 cm³/mol. The number of nitrogens with one attached hydrogen (secondary N) is 1. The van der Waals surface area contributed by atoms with Crippen molar-refractivity contribution < 1.29 is 13.5 Å². The number of benzene rings is 2. The molecule has 2 nitrogen and oxygen atoms in total. The summed E-state index contributed by atoms with van der Waals surface area (Å²) in [4.78, 5) is 0. The average molecular weight is 312 g/mol. The summed E-state index contributed by atoms with van der Waals surface area (Å²) in [5, 5.41) is 3.70. The van der Waals surface area contributed by atoms with Gasteiger partial charge < -0.3 is 10.1 Å². The lowest BCUT2D eigenvalue weighted by Crippen LogP contribution is -2.34. The highest BCUT2D eigenvalue weighted by molar-refractivity contribution is 6.30. The zero-order valence-corrected chi connectivity index (χ0v) is 12.3. The molecule has 2 rings (SSSR count). The van der Waals surface area contributed by atoms with E-state index in [0.29, 0.717) is 29.4 Å². The number of likely N-dealkylation sites (N-methyl/N-ethyl adjacent to an activating group) is 1. The fourth-order valence-electron chi connectivity index (χ4n) is 1.92. The molecular weight excluding hydrogens is 296 g/mol. The van der Waals surface area contributed by atoms with Crippen molar-refractivity contribution in [3.8, 4) is 5.75 Å². The molecule has 21 heavy (non-hydrogen) atoms. The molecule has 2 aromatic rings. The maximum atomic E-state index is 13.6. The van der Waals surface area contributed by atoms with E-state index in [9.17, 15) is 8.78 Å². The summed E-state index contributed by atoms with van der Waals surface area (Å²) in [5.41, 5.74) is 0.454. The normalized spacial score (nSPS) is 12.2. The van der Waals surface area contributed by atoms with Crippen molar-refractivity contribution in [3.05, 3.63) is 64.7 Å². The van der Waals surface area contributed by atoms with Gasteiger partial charge in [0.25, 0.3) is 0 Å². The van der Waals surface area contributed by atoms with Crippen molar-refractivity contribution in [3.63, 3.8) is 0 Å². The average Bonchev–Trinajstić information content (AvgIpc) is 2.47. The van der Waals surface area contributed by atoms with Gasteiger partial charge in [0.2, 0.25) is 0 Å². The van der Waals surface area contributed by atoms with E-state index >= 15 is 0 Å². The molecule has 0 spiro atoms. The molecule has 1 unspecified atom stereocenters. The molecule has 112 valence electrons. The lowest BCUT2D eigenvalue weighted by Gasteiger charge is -2.17. The number of halogens is 3. The Labute approximate surface area is 127 Å². The molecule has 0 heterocycles. The van der Waals surface area contributed by atoms with Gasteiger partial charge >= 0.3 is 0 Å². The second-order valence-corrected chi connectivity index (χ2v) is 5.13. The Kier molecular flexibility index (Phi) is 5.53. The van der Waals surface area contributed by atoms with E-state index in [1.54, 1.807) is 31.3 Å². The molecule has 1 N–H and O–H groups in total. The van der Waals surface area contributed by atoms with Crippen molar-refractivity contribution >= 4 is 11.6 Å². The first-order valence-electron chi connectivity index (χ1n) is 6.58. The van der Waals surface area contributed by atoms with Gasteiger partial charge in [-0.2, -0.15) is 0 Å². The topological polar surface area (TPSA) is 21.3 Å². The first-order chi connectivity index (χ1) is 10.1. The van der Waals surface area contributed by atoms with Crippen LogP contribution in [-0.4, -0.2) is 19.7 Å². The third kappa shape index (κ3) is 4.69. The smallest absolute Gasteiger partial charge is 0.129 e. The Morgan fingerprint density at radius 2 is 1.86 bits per heavy atom. The molecular formula is C16H16ClF2NO. The lowest BCUT2D eigenvalue weighted by molar-refractivity contribution is 0.269. The van der Waals surface area contributed by atoms with E-state index in [4.69, 9.17) is 16.3 Å². The molecule has 0 fully saturated rings. The monoisotopic (exact) mass is 311 g/mol. The van der Waals surface area contributed by atoms with Gasteiger partial charge in [0.1, 0.15) is 24.0 Å². The second-order valence-electron chi connectivity index (χ2n) is 4.69. The van der Waals surface area contributed by atoms with Crippen LogP contribution in [0.4, 0.5) is 8.78 Å². The SMILES string of the molecule is CNC(COc1ccc(Cl)cc1)Cc1ccc(F)cc1F. The van der Waals surface area contributed by atoms with E-state index in [-0.39, 0.29) is 6.04 Å². The molecule has 0 bridgehead atoms. The number of rotatable bonds is 6. The zero-order valence-electron chi connectivity index (χ0n) is 11.6. The van der Waals surface area contributed by atoms with Crippen molar-refractivity contribution in [2.75, 3.05) is 13.7 Å². The number of hydrogen-bond acceptors (Lipinski definition) is 2. The van der Waals surface area contributed by atoms with Crippen molar-refractivity contribution in [2.45, 2.75) is 12.5 Å². The van der Waals surface area contributed by atoms with Crippen molar-refractivity contribution in [2.24, 2.45) is 0 Å². The highest BCUT2D eigenvalue weighted by atomic mass is 35.5. The highest BCUT2D eigenvalue weighted by Crippen LogP contribution is 2.16. The highest BCUT2D eigenvalue weighted by Gasteiger charge is 2.12. The largest absolute Gasteiger partial charge is 0.492 e. The first kappa shape index (κ1) is 15.7.